The Morgan fingerprint density at radius 3 is 2.96 bits per heavy atom. The van der Waals surface area contributed by atoms with Gasteiger partial charge in [0.15, 0.2) is 5.60 Å². The van der Waals surface area contributed by atoms with E-state index in [1.807, 2.05) is 17.5 Å². The molecule has 9 heteroatoms. The van der Waals surface area contributed by atoms with Crippen LogP contribution in [-0.4, -0.2) is 39.5 Å². The third-order valence-corrected chi connectivity index (χ3v) is 5.21. The second kappa shape index (κ2) is 6.21. The van der Waals surface area contributed by atoms with Gasteiger partial charge in [-0.25, -0.2) is 0 Å². The lowest BCUT2D eigenvalue weighted by Gasteiger charge is -2.25. The Morgan fingerprint density at radius 2 is 2.33 bits per heavy atom. The van der Waals surface area contributed by atoms with Gasteiger partial charge in [-0.15, -0.1) is 11.3 Å². The van der Waals surface area contributed by atoms with Crippen LogP contribution in [-0.2, 0) is 0 Å². The van der Waals surface area contributed by atoms with Crippen molar-refractivity contribution >= 4 is 17.2 Å². The first-order valence-electron chi connectivity index (χ1n) is 7.45. The predicted molar refractivity (Wildman–Crippen MR) is 82.6 cm³/mol. The van der Waals surface area contributed by atoms with Gasteiger partial charge in [0.05, 0.1) is 22.3 Å². The molecule has 0 aliphatic heterocycles. The van der Waals surface area contributed by atoms with Gasteiger partial charge in [-0.1, -0.05) is 6.07 Å². The zero-order valence-electron chi connectivity index (χ0n) is 12.6. The predicted octanol–water partition coefficient (Wildman–Crippen LogP) is 2.96. The van der Waals surface area contributed by atoms with Crippen LogP contribution in [0.25, 0.3) is 10.6 Å². The number of aliphatic hydroxyl groups is 1. The van der Waals surface area contributed by atoms with Crippen molar-refractivity contribution in [2.45, 2.75) is 31.0 Å². The molecule has 0 spiro atoms. The first kappa shape index (κ1) is 17.0. The van der Waals surface area contributed by atoms with Crippen molar-refractivity contribution in [2.24, 2.45) is 5.92 Å². The molecule has 0 aromatic carbocycles. The van der Waals surface area contributed by atoms with Crippen LogP contribution in [0.4, 0.5) is 13.2 Å². The van der Waals surface area contributed by atoms with Crippen molar-refractivity contribution in [1.82, 2.24) is 15.5 Å². The van der Waals surface area contributed by atoms with E-state index in [-0.39, 0.29) is 25.8 Å². The summed E-state index contributed by atoms with van der Waals surface area (Å²) in [6.45, 7) is 0.0896. The van der Waals surface area contributed by atoms with Crippen molar-refractivity contribution in [1.29, 1.82) is 0 Å². The summed E-state index contributed by atoms with van der Waals surface area (Å²) >= 11 is 1.45. The largest absolute Gasteiger partial charge is 0.417 e. The highest BCUT2D eigenvalue weighted by Gasteiger charge is 2.57. The molecule has 0 saturated heterocycles. The maximum Gasteiger partial charge on any atom is 0.417 e. The van der Waals surface area contributed by atoms with Gasteiger partial charge in [0.2, 0.25) is 0 Å². The number of thiophene rings is 1. The summed E-state index contributed by atoms with van der Waals surface area (Å²) in [5, 5.41) is 20.8. The first-order chi connectivity index (χ1) is 11.3. The summed E-state index contributed by atoms with van der Waals surface area (Å²) in [7, 11) is 0. The number of amides is 1. The lowest BCUT2D eigenvalue weighted by atomic mass is 9.99. The second-order valence-corrected chi connectivity index (χ2v) is 6.93. The van der Waals surface area contributed by atoms with E-state index in [9.17, 15) is 23.1 Å². The van der Waals surface area contributed by atoms with Crippen molar-refractivity contribution in [3.8, 4) is 10.6 Å². The lowest BCUT2D eigenvalue weighted by Crippen LogP contribution is -2.43. The maximum absolute atomic E-state index is 12.8. The third kappa shape index (κ3) is 3.18. The SMILES string of the molecule is O=C(NCC1CCC(O)(C(F)(F)F)C1)c1cn[nH]c1-c1cccs1. The van der Waals surface area contributed by atoms with Gasteiger partial charge in [-0.3, -0.25) is 9.89 Å². The zero-order chi connectivity index (χ0) is 17.4. The second-order valence-electron chi connectivity index (χ2n) is 5.98. The van der Waals surface area contributed by atoms with E-state index < -0.39 is 23.6 Å². The highest BCUT2D eigenvalue weighted by Crippen LogP contribution is 2.45. The van der Waals surface area contributed by atoms with Gasteiger partial charge in [0.1, 0.15) is 0 Å². The number of alkyl halides is 3. The highest BCUT2D eigenvalue weighted by atomic mass is 32.1. The minimum absolute atomic E-state index is 0.0896. The number of hydrogen-bond donors (Lipinski definition) is 3. The smallest absolute Gasteiger partial charge is 0.380 e. The van der Waals surface area contributed by atoms with Gasteiger partial charge in [-0.2, -0.15) is 18.3 Å². The highest BCUT2D eigenvalue weighted by molar-refractivity contribution is 7.13. The van der Waals surface area contributed by atoms with E-state index in [0.717, 1.165) is 4.88 Å². The number of carbonyl (C=O) groups is 1. The molecule has 1 aliphatic rings. The molecule has 1 saturated carbocycles. The van der Waals surface area contributed by atoms with Gasteiger partial charge in [0.25, 0.3) is 5.91 Å². The van der Waals surface area contributed by atoms with E-state index >= 15 is 0 Å². The minimum atomic E-state index is -4.64. The maximum atomic E-state index is 12.8. The molecule has 2 unspecified atom stereocenters. The Morgan fingerprint density at radius 1 is 1.54 bits per heavy atom. The molecule has 2 atom stereocenters. The molecule has 2 aromatic heterocycles. The van der Waals surface area contributed by atoms with E-state index in [4.69, 9.17) is 0 Å². The molecule has 5 nitrogen and oxygen atoms in total. The quantitative estimate of drug-likeness (QED) is 0.785. The summed E-state index contributed by atoms with van der Waals surface area (Å²) in [4.78, 5) is 13.1. The fraction of sp³-hybridized carbons (Fsp3) is 0.467. The zero-order valence-corrected chi connectivity index (χ0v) is 13.4. The molecule has 1 amide bonds. The van der Waals surface area contributed by atoms with Crippen LogP contribution in [0.3, 0.4) is 0 Å². The number of H-pyrrole nitrogens is 1. The molecule has 1 fully saturated rings. The number of nitrogens with zero attached hydrogens (tertiary/aromatic N) is 1. The number of halogens is 3. The summed E-state index contributed by atoms with van der Waals surface area (Å²) in [5.74, 6) is -0.799. The van der Waals surface area contributed by atoms with Crippen molar-refractivity contribution in [2.75, 3.05) is 6.54 Å². The third-order valence-electron chi connectivity index (χ3n) is 4.32. The number of hydrogen-bond acceptors (Lipinski definition) is 4. The van der Waals surface area contributed by atoms with Gasteiger partial charge in [-0.05, 0) is 36.6 Å². The van der Waals surface area contributed by atoms with E-state index in [2.05, 4.69) is 15.5 Å². The number of nitrogens with one attached hydrogen (secondary N) is 2. The fourth-order valence-electron chi connectivity index (χ4n) is 2.96. The van der Waals surface area contributed by atoms with Crippen molar-refractivity contribution in [3.63, 3.8) is 0 Å². The number of rotatable bonds is 4. The summed E-state index contributed by atoms with van der Waals surface area (Å²) in [6.07, 6.45) is -3.74. The van der Waals surface area contributed by atoms with Crippen LogP contribution in [0.1, 0.15) is 29.6 Å². The monoisotopic (exact) mass is 359 g/mol. The number of carbonyl (C=O) groups excluding carboxylic acids is 1. The Labute approximate surface area is 139 Å². The summed E-state index contributed by atoms with van der Waals surface area (Å²) < 4.78 is 38.4. The summed E-state index contributed by atoms with van der Waals surface area (Å²) in [5.41, 5.74) is -1.71. The Bertz CT molecular complexity index is 714. The standard InChI is InChI=1S/C15H16F3N3O2S/c16-15(17,18)14(23)4-3-9(6-14)7-19-13(22)10-8-20-21-12(10)11-2-1-5-24-11/h1-2,5,8-9,23H,3-4,6-7H2,(H,19,22)(H,20,21). The van der Waals surface area contributed by atoms with Gasteiger partial charge in [0, 0.05) is 6.54 Å². The van der Waals surface area contributed by atoms with E-state index in [1.54, 1.807) is 0 Å². The average molecular weight is 359 g/mol. The molecule has 130 valence electrons. The number of aromatic nitrogens is 2. The van der Waals surface area contributed by atoms with Crippen molar-refractivity contribution in [3.05, 3.63) is 29.3 Å². The van der Waals surface area contributed by atoms with E-state index in [0.29, 0.717) is 11.3 Å². The number of aromatic amines is 1. The van der Waals surface area contributed by atoms with Crippen LogP contribution in [0.2, 0.25) is 0 Å². The molecule has 1 aliphatic carbocycles. The molecule has 24 heavy (non-hydrogen) atoms. The molecular formula is C15H16F3N3O2S. The molecule has 3 N–H and O–H groups in total. The molecular weight excluding hydrogens is 343 g/mol. The molecule has 0 radical (unpaired) electrons. The average Bonchev–Trinajstić information content (AvgIpc) is 3.24. The molecule has 3 rings (SSSR count). The molecule has 2 aromatic rings. The minimum Gasteiger partial charge on any atom is -0.380 e. The lowest BCUT2D eigenvalue weighted by molar-refractivity contribution is -0.258. The fourth-order valence-corrected chi connectivity index (χ4v) is 3.69. The van der Waals surface area contributed by atoms with Crippen molar-refractivity contribution < 1.29 is 23.1 Å². The van der Waals surface area contributed by atoms with Gasteiger partial charge < -0.3 is 10.4 Å². The van der Waals surface area contributed by atoms with Crippen LogP contribution in [0.15, 0.2) is 23.7 Å². The van der Waals surface area contributed by atoms with E-state index in [1.165, 1.54) is 17.5 Å². The normalized spacial score (nSPS) is 24.2. The van der Waals surface area contributed by atoms with Crippen LogP contribution in [0.5, 0.6) is 0 Å². The first-order valence-corrected chi connectivity index (χ1v) is 8.33. The Hall–Kier alpha value is -1.87. The van der Waals surface area contributed by atoms with Crippen LogP contribution >= 0.6 is 11.3 Å². The van der Waals surface area contributed by atoms with Gasteiger partial charge >= 0.3 is 6.18 Å². The van der Waals surface area contributed by atoms with Crippen LogP contribution < -0.4 is 5.32 Å². The Balaban J connectivity index is 1.61. The Kier molecular flexibility index (Phi) is 4.39. The van der Waals surface area contributed by atoms with Crippen LogP contribution in [0, 0.1) is 5.92 Å². The summed E-state index contributed by atoms with van der Waals surface area (Å²) in [6, 6.07) is 3.69. The molecule has 0 bridgehead atoms. The topological polar surface area (TPSA) is 78.0 Å². The molecule has 2 heterocycles.